The van der Waals surface area contributed by atoms with E-state index in [2.05, 4.69) is 21.0 Å². The van der Waals surface area contributed by atoms with Crippen LogP contribution in [-0.4, -0.2) is 48.7 Å². The molecule has 5 heteroatoms. The molecule has 1 aromatic carbocycles. The molecule has 0 radical (unpaired) electrons. The van der Waals surface area contributed by atoms with E-state index in [1.54, 1.807) is 0 Å². The van der Waals surface area contributed by atoms with Crippen LogP contribution < -0.4 is 5.30 Å². The molecular weight excluding hydrogens is 321 g/mol. The first-order chi connectivity index (χ1) is 11.3. The van der Waals surface area contributed by atoms with Crippen LogP contribution in [-0.2, 0) is 9.09 Å². The quantitative estimate of drug-likeness (QED) is 0.571. The lowest BCUT2D eigenvalue weighted by molar-refractivity contribution is -0.890. The Morgan fingerprint density at radius 3 is 2.33 bits per heavy atom. The zero-order chi connectivity index (χ0) is 17.7. The average molecular weight is 354 g/mol. The van der Waals surface area contributed by atoms with Crippen LogP contribution >= 0.6 is 7.37 Å². The van der Waals surface area contributed by atoms with Crippen LogP contribution in [0.25, 0.3) is 0 Å². The largest absolute Gasteiger partial charge is 0.379 e. The van der Waals surface area contributed by atoms with Gasteiger partial charge >= 0.3 is 0 Å². The van der Waals surface area contributed by atoms with Gasteiger partial charge < -0.3 is 14.1 Å². The van der Waals surface area contributed by atoms with Gasteiger partial charge in [0.1, 0.15) is 18.5 Å². The Balaban J connectivity index is 2.19. The van der Waals surface area contributed by atoms with Gasteiger partial charge in [-0.3, -0.25) is 4.57 Å². The van der Waals surface area contributed by atoms with Gasteiger partial charge in [0.15, 0.2) is 0 Å². The molecule has 0 bridgehead atoms. The van der Waals surface area contributed by atoms with E-state index in [0.29, 0.717) is 24.8 Å². The normalized spacial score (nSPS) is 20.5. The van der Waals surface area contributed by atoms with Gasteiger partial charge in [0.25, 0.3) is 7.37 Å². The third-order valence-corrected chi connectivity index (χ3v) is 8.16. The highest BCUT2D eigenvalue weighted by Gasteiger charge is 2.49. The maximum absolute atomic E-state index is 13.9. The summed E-state index contributed by atoms with van der Waals surface area (Å²) >= 11 is 0. The van der Waals surface area contributed by atoms with E-state index in [0.717, 1.165) is 43.3 Å². The molecule has 1 N–H and O–H groups in total. The Morgan fingerprint density at radius 2 is 1.75 bits per heavy atom. The predicted molar refractivity (Wildman–Crippen MR) is 99.8 cm³/mol. The van der Waals surface area contributed by atoms with Gasteiger partial charge in [-0.1, -0.05) is 31.5 Å². The minimum atomic E-state index is -3.32. The Bertz CT molecular complexity index is 553. The van der Waals surface area contributed by atoms with Crippen LogP contribution in [0.15, 0.2) is 30.3 Å². The number of aliphatic hydroxyl groups is 1. The highest BCUT2D eigenvalue weighted by atomic mass is 31.2. The molecule has 4 nitrogen and oxygen atoms in total. The molecule has 1 aliphatic carbocycles. The highest BCUT2D eigenvalue weighted by molar-refractivity contribution is 7.68. The molecule has 1 fully saturated rings. The van der Waals surface area contributed by atoms with Crippen LogP contribution in [0.2, 0.25) is 0 Å². The lowest BCUT2D eigenvalue weighted by atomic mass is 9.97. The van der Waals surface area contributed by atoms with Crippen molar-refractivity contribution in [2.45, 2.75) is 50.8 Å². The lowest BCUT2D eigenvalue weighted by Crippen LogP contribution is -2.43. The fourth-order valence-corrected chi connectivity index (χ4v) is 6.28. The molecule has 0 amide bonds. The minimum absolute atomic E-state index is 0.404. The first-order valence-electron chi connectivity index (χ1n) is 9.18. The molecule has 0 aliphatic heterocycles. The second-order valence-electron chi connectivity index (χ2n) is 7.65. The van der Waals surface area contributed by atoms with Crippen molar-refractivity contribution in [2.75, 3.05) is 33.8 Å². The fraction of sp³-hybridized carbons (Fsp3) is 0.684. The summed E-state index contributed by atoms with van der Waals surface area (Å²) in [5.41, 5.74) is 0. The Hall–Kier alpha value is -0.670. The van der Waals surface area contributed by atoms with Crippen molar-refractivity contribution in [1.29, 1.82) is 0 Å². The van der Waals surface area contributed by atoms with Gasteiger partial charge in [0.05, 0.1) is 20.6 Å². The molecule has 24 heavy (non-hydrogen) atoms. The van der Waals surface area contributed by atoms with Gasteiger partial charge in [-0.2, -0.15) is 0 Å². The summed E-state index contributed by atoms with van der Waals surface area (Å²) in [6.07, 6.45) is 5.14. The summed E-state index contributed by atoms with van der Waals surface area (Å²) in [6, 6.07) is 9.31. The molecule has 0 heterocycles. The van der Waals surface area contributed by atoms with Crippen molar-refractivity contribution < 1.29 is 18.7 Å². The summed E-state index contributed by atoms with van der Waals surface area (Å²) < 4.78 is 20.7. The second-order valence-corrected chi connectivity index (χ2v) is 10.4. The van der Waals surface area contributed by atoms with E-state index in [1.165, 1.54) is 0 Å². The number of quaternary nitrogens is 1. The van der Waals surface area contributed by atoms with Crippen molar-refractivity contribution >= 4 is 12.7 Å². The molecule has 1 aliphatic rings. The van der Waals surface area contributed by atoms with Gasteiger partial charge in [-0.15, -0.1) is 0 Å². The third kappa shape index (κ3) is 4.49. The van der Waals surface area contributed by atoms with E-state index in [1.807, 2.05) is 30.3 Å². The summed E-state index contributed by atoms with van der Waals surface area (Å²) in [5, 5.41) is 10.6. The number of likely N-dealkylation sites (N-methyl/N-ethyl adjacent to an activating group) is 1. The predicted octanol–water partition coefficient (Wildman–Crippen LogP) is 3.75. The van der Waals surface area contributed by atoms with Crippen LogP contribution in [0.5, 0.6) is 0 Å². The van der Waals surface area contributed by atoms with Crippen LogP contribution in [0.4, 0.5) is 0 Å². The molecule has 0 saturated heterocycles. The van der Waals surface area contributed by atoms with E-state index in [4.69, 9.17) is 4.52 Å². The first-order valence-corrected chi connectivity index (χ1v) is 10.8. The molecule has 1 saturated carbocycles. The van der Waals surface area contributed by atoms with Crippen molar-refractivity contribution in [3.63, 3.8) is 0 Å². The Kier molecular flexibility index (Phi) is 6.66. The van der Waals surface area contributed by atoms with Crippen LogP contribution in [0, 0.1) is 0 Å². The summed E-state index contributed by atoms with van der Waals surface area (Å²) in [6.45, 7) is 4.42. The van der Waals surface area contributed by atoms with E-state index < -0.39 is 12.7 Å². The van der Waals surface area contributed by atoms with Crippen molar-refractivity contribution in [1.82, 2.24) is 0 Å². The van der Waals surface area contributed by atoms with Crippen LogP contribution in [0.1, 0.15) is 45.4 Å². The zero-order valence-corrected chi connectivity index (χ0v) is 16.3. The molecular formula is C19H33NO3P+. The smallest absolute Gasteiger partial charge is 0.262 e. The average Bonchev–Trinajstić information content (AvgIpc) is 2.56. The van der Waals surface area contributed by atoms with Gasteiger partial charge in [0, 0.05) is 5.30 Å². The minimum Gasteiger partial charge on any atom is -0.379 e. The van der Waals surface area contributed by atoms with Crippen molar-refractivity contribution in [2.24, 2.45) is 0 Å². The molecule has 136 valence electrons. The molecule has 2 rings (SSSR count). The topological polar surface area (TPSA) is 46.5 Å². The number of nitrogens with zero attached hydrogens (tertiary/aromatic N) is 1. The van der Waals surface area contributed by atoms with E-state index >= 15 is 0 Å². The third-order valence-electron chi connectivity index (χ3n) is 5.10. The first kappa shape index (κ1) is 19.7. The van der Waals surface area contributed by atoms with E-state index in [9.17, 15) is 9.67 Å². The number of hydrogen-bond donors (Lipinski definition) is 1. The van der Waals surface area contributed by atoms with Crippen molar-refractivity contribution in [3.8, 4) is 0 Å². The Labute approximate surface area is 146 Å². The fourth-order valence-electron chi connectivity index (χ4n) is 3.61. The molecule has 0 spiro atoms. The summed E-state index contributed by atoms with van der Waals surface area (Å²) in [4.78, 5) is 0. The number of benzene rings is 1. The van der Waals surface area contributed by atoms with Crippen molar-refractivity contribution in [3.05, 3.63) is 30.3 Å². The SMILES string of the molecule is CCC[N+](C)(C)CCOP(=O)(c1ccccc1)C1(O)CCCCC1. The van der Waals surface area contributed by atoms with Gasteiger partial charge in [-0.05, 0) is 44.2 Å². The molecule has 1 atom stereocenters. The van der Waals surface area contributed by atoms with E-state index in [-0.39, 0.29) is 0 Å². The number of hydrogen-bond acceptors (Lipinski definition) is 3. The molecule has 0 aromatic heterocycles. The number of rotatable bonds is 8. The second kappa shape index (κ2) is 8.14. The molecule has 1 unspecified atom stereocenters. The van der Waals surface area contributed by atoms with Crippen LogP contribution in [0.3, 0.4) is 0 Å². The van der Waals surface area contributed by atoms with Gasteiger partial charge in [-0.25, -0.2) is 0 Å². The summed E-state index contributed by atoms with van der Waals surface area (Å²) in [7, 11) is 1.01. The molecule has 1 aromatic rings. The monoisotopic (exact) mass is 354 g/mol. The van der Waals surface area contributed by atoms with Gasteiger partial charge in [0.2, 0.25) is 0 Å². The zero-order valence-electron chi connectivity index (χ0n) is 15.4. The Morgan fingerprint density at radius 1 is 1.12 bits per heavy atom. The highest BCUT2D eigenvalue weighted by Crippen LogP contribution is 2.61. The standard InChI is InChI=1S/C19H33NO3P/c1-4-15-20(2,3)16-17-23-24(22,18-11-7-5-8-12-18)19(21)13-9-6-10-14-19/h5,7-8,11-12,21H,4,6,9-10,13-17H2,1-3H3/q+1. The maximum atomic E-state index is 13.9. The maximum Gasteiger partial charge on any atom is 0.262 e. The lowest BCUT2D eigenvalue weighted by Gasteiger charge is -2.39. The summed E-state index contributed by atoms with van der Waals surface area (Å²) in [5.74, 6) is 0.